The lowest BCUT2D eigenvalue weighted by Gasteiger charge is -2.02. The fourth-order valence-corrected chi connectivity index (χ4v) is 1.65. The Morgan fingerprint density at radius 2 is 2.00 bits per heavy atom. The van der Waals surface area contributed by atoms with E-state index < -0.39 is 11.9 Å². The molecule has 0 radical (unpaired) electrons. The lowest BCUT2D eigenvalue weighted by atomic mass is 10.1. The summed E-state index contributed by atoms with van der Waals surface area (Å²) in [6.07, 6.45) is 0. The molecule has 0 saturated carbocycles. The van der Waals surface area contributed by atoms with E-state index in [1.807, 2.05) is 0 Å². The number of fused-ring (bicyclic) bond motifs is 1. The summed E-state index contributed by atoms with van der Waals surface area (Å²) in [6, 6.07) is 4.84. The van der Waals surface area contributed by atoms with Crippen LogP contribution in [0.25, 0.3) is 11.0 Å². The Morgan fingerprint density at radius 3 is 2.59 bits per heavy atom. The fourth-order valence-electron chi connectivity index (χ4n) is 1.65. The molecule has 1 amide bonds. The van der Waals surface area contributed by atoms with Gasteiger partial charge in [0, 0.05) is 5.39 Å². The average Bonchev–Trinajstić information content (AvgIpc) is 2.69. The second kappa shape index (κ2) is 3.93. The molecule has 0 saturated heterocycles. The molecule has 0 atom stereocenters. The third-order valence-electron chi connectivity index (χ3n) is 2.51. The third kappa shape index (κ3) is 1.87. The number of amides is 1. The Balaban J connectivity index is 2.63. The molecule has 0 aliphatic heterocycles. The number of ether oxygens (including phenoxy) is 1. The van der Waals surface area contributed by atoms with Crippen LogP contribution in [0.4, 0.5) is 0 Å². The predicted octanol–water partition coefficient (Wildman–Crippen LogP) is 1.63. The highest BCUT2D eigenvalue weighted by Crippen LogP contribution is 2.23. The van der Waals surface area contributed by atoms with Crippen molar-refractivity contribution < 1.29 is 18.7 Å². The lowest BCUT2D eigenvalue weighted by Crippen LogP contribution is -2.08. The highest BCUT2D eigenvalue weighted by atomic mass is 16.5. The van der Waals surface area contributed by atoms with Crippen molar-refractivity contribution in [2.24, 2.45) is 5.73 Å². The van der Waals surface area contributed by atoms with Gasteiger partial charge in [-0.25, -0.2) is 4.79 Å². The molecule has 0 spiro atoms. The van der Waals surface area contributed by atoms with Crippen molar-refractivity contribution in [2.75, 3.05) is 7.11 Å². The van der Waals surface area contributed by atoms with Crippen molar-refractivity contribution in [2.45, 2.75) is 6.92 Å². The van der Waals surface area contributed by atoms with Gasteiger partial charge < -0.3 is 14.9 Å². The number of benzene rings is 1. The first-order chi connectivity index (χ1) is 8.02. The molecule has 5 heteroatoms. The number of furan rings is 1. The van der Waals surface area contributed by atoms with Crippen LogP contribution in [0, 0.1) is 6.92 Å². The lowest BCUT2D eigenvalue weighted by molar-refractivity contribution is 0.0600. The minimum atomic E-state index is -0.640. The van der Waals surface area contributed by atoms with Crippen LogP contribution in [-0.2, 0) is 4.74 Å². The average molecular weight is 233 g/mol. The van der Waals surface area contributed by atoms with E-state index in [-0.39, 0.29) is 5.76 Å². The number of carbonyl (C=O) groups excluding carboxylic acids is 2. The van der Waals surface area contributed by atoms with E-state index in [1.54, 1.807) is 25.1 Å². The molecule has 88 valence electrons. The normalized spacial score (nSPS) is 10.5. The number of esters is 1. The van der Waals surface area contributed by atoms with Crippen molar-refractivity contribution in [1.82, 2.24) is 0 Å². The first kappa shape index (κ1) is 11.2. The zero-order chi connectivity index (χ0) is 12.6. The standard InChI is InChI=1S/C12H11NO4/c1-6-3-7-4-10(11(13)14)17-9(7)5-8(6)12(15)16-2/h3-5H,1-2H3,(H2,13,14). The summed E-state index contributed by atoms with van der Waals surface area (Å²) in [5.74, 6) is -1.01. The summed E-state index contributed by atoms with van der Waals surface area (Å²) in [5.41, 5.74) is 6.71. The topological polar surface area (TPSA) is 82.5 Å². The van der Waals surface area contributed by atoms with Gasteiger partial charge in [0.2, 0.25) is 0 Å². The van der Waals surface area contributed by atoms with E-state index >= 15 is 0 Å². The second-order valence-corrected chi connectivity index (χ2v) is 3.67. The van der Waals surface area contributed by atoms with Crippen LogP contribution in [0.5, 0.6) is 0 Å². The minimum absolute atomic E-state index is 0.0708. The zero-order valence-corrected chi connectivity index (χ0v) is 9.44. The smallest absolute Gasteiger partial charge is 0.338 e. The molecule has 5 nitrogen and oxygen atoms in total. The van der Waals surface area contributed by atoms with Gasteiger partial charge in [-0.3, -0.25) is 4.79 Å². The van der Waals surface area contributed by atoms with E-state index in [9.17, 15) is 9.59 Å². The fraction of sp³-hybridized carbons (Fsp3) is 0.167. The van der Waals surface area contributed by atoms with Crippen molar-refractivity contribution in [3.05, 3.63) is 35.1 Å². The monoisotopic (exact) mass is 233 g/mol. The maximum absolute atomic E-state index is 11.5. The predicted molar refractivity (Wildman–Crippen MR) is 60.8 cm³/mol. The minimum Gasteiger partial charge on any atom is -0.465 e. The first-order valence-electron chi connectivity index (χ1n) is 4.95. The Bertz CT molecular complexity index is 612. The molecule has 1 aromatic heterocycles. The van der Waals surface area contributed by atoms with Crippen LogP contribution in [0.15, 0.2) is 22.6 Å². The van der Waals surface area contributed by atoms with Crippen LogP contribution >= 0.6 is 0 Å². The van der Waals surface area contributed by atoms with Gasteiger partial charge in [0.1, 0.15) is 5.58 Å². The highest BCUT2D eigenvalue weighted by Gasteiger charge is 2.14. The summed E-state index contributed by atoms with van der Waals surface area (Å²) >= 11 is 0. The van der Waals surface area contributed by atoms with Gasteiger partial charge in [-0.15, -0.1) is 0 Å². The van der Waals surface area contributed by atoms with Gasteiger partial charge in [0.05, 0.1) is 12.7 Å². The summed E-state index contributed by atoms with van der Waals surface area (Å²) in [7, 11) is 1.31. The Labute approximate surface area is 97.1 Å². The van der Waals surface area contributed by atoms with Crippen molar-refractivity contribution in [3.8, 4) is 0 Å². The van der Waals surface area contributed by atoms with Crippen molar-refractivity contribution in [1.29, 1.82) is 0 Å². The highest BCUT2D eigenvalue weighted by molar-refractivity contribution is 5.99. The maximum Gasteiger partial charge on any atom is 0.338 e. The molecule has 0 aliphatic rings. The summed E-state index contributed by atoms with van der Waals surface area (Å²) in [5, 5.41) is 0.726. The van der Waals surface area contributed by atoms with Crippen LogP contribution < -0.4 is 5.73 Å². The number of hydrogen-bond acceptors (Lipinski definition) is 4. The molecule has 0 aliphatic carbocycles. The van der Waals surface area contributed by atoms with Gasteiger partial charge in [0.15, 0.2) is 5.76 Å². The first-order valence-corrected chi connectivity index (χ1v) is 4.95. The number of nitrogens with two attached hydrogens (primary N) is 1. The summed E-state index contributed by atoms with van der Waals surface area (Å²) in [4.78, 5) is 22.4. The second-order valence-electron chi connectivity index (χ2n) is 3.67. The van der Waals surface area contributed by atoms with E-state index in [2.05, 4.69) is 4.74 Å². The third-order valence-corrected chi connectivity index (χ3v) is 2.51. The SMILES string of the molecule is COC(=O)c1cc2oc(C(N)=O)cc2cc1C. The van der Waals surface area contributed by atoms with E-state index in [4.69, 9.17) is 10.2 Å². The van der Waals surface area contributed by atoms with Crippen LogP contribution in [0.2, 0.25) is 0 Å². The van der Waals surface area contributed by atoms with Crippen molar-refractivity contribution in [3.63, 3.8) is 0 Å². The number of primary amides is 1. The molecule has 17 heavy (non-hydrogen) atoms. The van der Waals surface area contributed by atoms with Gasteiger partial charge in [-0.1, -0.05) is 0 Å². The molecule has 0 fully saturated rings. The quantitative estimate of drug-likeness (QED) is 0.799. The number of hydrogen-bond donors (Lipinski definition) is 1. The van der Waals surface area contributed by atoms with E-state index in [0.29, 0.717) is 11.1 Å². The van der Waals surface area contributed by atoms with Gasteiger partial charge in [0.25, 0.3) is 5.91 Å². The molecular formula is C12H11NO4. The van der Waals surface area contributed by atoms with Crippen LogP contribution in [-0.4, -0.2) is 19.0 Å². The molecular weight excluding hydrogens is 222 g/mol. The Hall–Kier alpha value is -2.30. The maximum atomic E-state index is 11.5. The number of aryl methyl sites for hydroxylation is 1. The Kier molecular flexibility index (Phi) is 2.59. The molecule has 2 aromatic rings. The summed E-state index contributed by atoms with van der Waals surface area (Å²) in [6.45, 7) is 1.78. The number of rotatable bonds is 2. The van der Waals surface area contributed by atoms with Crippen LogP contribution in [0.3, 0.4) is 0 Å². The Morgan fingerprint density at radius 1 is 1.29 bits per heavy atom. The number of methoxy groups -OCH3 is 1. The number of carbonyl (C=O) groups is 2. The molecule has 2 N–H and O–H groups in total. The van der Waals surface area contributed by atoms with Gasteiger partial charge in [-0.2, -0.15) is 0 Å². The molecule has 0 unspecified atom stereocenters. The molecule has 1 heterocycles. The van der Waals surface area contributed by atoms with Crippen LogP contribution in [0.1, 0.15) is 26.5 Å². The molecule has 0 bridgehead atoms. The van der Waals surface area contributed by atoms with Crippen molar-refractivity contribution >= 4 is 22.8 Å². The van der Waals surface area contributed by atoms with E-state index in [0.717, 1.165) is 10.9 Å². The van der Waals surface area contributed by atoms with Gasteiger partial charge >= 0.3 is 5.97 Å². The summed E-state index contributed by atoms with van der Waals surface area (Å²) < 4.78 is 9.89. The largest absolute Gasteiger partial charge is 0.465 e. The molecule has 1 aromatic carbocycles. The van der Waals surface area contributed by atoms with E-state index in [1.165, 1.54) is 7.11 Å². The van der Waals surface area contributed by atoms with Gasteiger partial charge in [-0.05, 0) is 30.7 Å². The molecule has 2 rings (SSSR count). The zero-order valence-electron chi connectivity index (χ0n) is 9.44.